The largest absolute Gasteiger partial charge is 0.462 e. The van der Waals surface area contributed by atoms with Crippen LogP contribution in [0, 0.1) is 0 Å². The van der Waals surface area contributed by atoms with Crippen molar-refractivity contribution in [3.05, 3.63) is 182 Å². The highest BCUT2D eigenvalue weighted by Crippen LogP contribution is 2.15. The van der Waals surface area contributed by atoms with Crippen molar-refractivity contribution in [3.63, 3.8) is 0 Å². The summed E-state index contributed by atoms with van der Waals surface area (Å²) >= 11 is 0. The van der Waals surface area contributed by atoms with Crippen LogP contribution in [-0.2, 0) is 28.6 Å². The Kier molecular flexibility index (Phi) is 62.5. The average Bonchev–Trinajstić information content (AvgIpc) is 3.47. The summed E-state index contributed by atoms with van der Waals surface area (Å²) in [6, 6.07) is 0. The molecule has 0 saturated heterocycles. The Labute approximate surface area is 497 Å². The van der Waals surface area contributed by atoms with E-state index in [0.717, 1.165) is 135 Å². The first-order valence-corrected chi connectivity index (χ1v) is 32.3. The van der Waals surface area contributed by atoms with E-state index in [0.29, 0.717) is 19.3 Å². The smallest absolute Gasteiger partial charge is 0.306 e. The fourth-order valence-electron chi connectivity index (χ4n) is 8.18. The summed E-state index contributed by atoms with van der Waals surface area (Å²) in [5.41, 5.74) is 0. The van der Waals surface area contributed by atoms with E-state index in [2.05, 4.69) is 203 Å². The summed E-state index contributed by atoms with van der Waals surface area (Å²) in [7, 11) is 0. The SMILES string of the molecule is CC/C=C\C/C=C\C/C=C\C/C=C\C/C=C\C/C=C\C/C=C\CCCC(=O)OC(COC(=O)CCCC/C=C\C/C=C\C/C=C\C/C=C\CC)COC(=O)CCCCCCCCCCCCCC/C=C\C/C=C\C/C=C\C/C=C\CC. The van der Waals surface area contributed by atoms with Crippen LogP contribution >= 0.6 is 0 Å². The van der Waals surface area contributed by atoms with E-state index in [1.54, 1.807) is 0 Å². The van der Waals surface area contributed by atoms with Gasteiger partial charge in [-0.25, -0.2) is 0 Å². The zero-order valence-electron chi connectivity index (χ0n) is 51.7. The number of hydrogen-bond donors (Lipinski definition) is 0. The summed E-state index contributed by atoms with van der Waals surface area (Å²) in [4.78, 5) is 38.3. The first kappa shape index (κ1) is 75.5. The van der Waals surface area contributed by atoms with Crippen LogP contribution in [0.5, 0.6) is 0 Å². The lowest BCUT2D eigenvalue weighted by atomic mass is 10.0. The molecular weight excluding hydrogens is 997 g/mol. The van der Waals surface area contributed by atoms with Gasteiger partial charge in [-0.05, 0) is 148 Å². The molecule has 0 aliphatic heterocycles. The van der Waals surface area contributed by atoms with Crippen LogP contribution in [0.4, 0.5) is 0 Å². The number of carbonyl (C=O) groups excluding carboxylic acids is 3. The fourth-order valence-corrected chi connectivity index (χ4v) is 8.18. The second-order valence-electron chi connectivity index (χ2n) is 20.5. The molecule has 0 rings (SSSR count). The third-order valence-corrected chi connectivity index (χ3v) is 12.9. The van der Waals surface area contributed by atoms with E-state index in [1.807, 2.05) is 0 Å². The third-order valence-electron chi connectivity index (χ3n) is 12.9. The number of rotatable bonds is 56. The van der Waals surface area contributed by atoms with Gasteiger partial charge < -0.3 is 14.2 Å². The second kappa shape index (κ2) is 67.0. The Morgan fingerprint density at radius 1 is 0.247 bits per heavy atom. The van der Waals surface area contributed by atoms with Gasteiger partial charge in [0.15, 0.2) is 6.10 Å². The van der Waals surface area contributed by atoms with Crippen LogP contribution in [0.2, 0.25) is 0 Å². The first-order chi connectivity index (χ1) is 40.0. The highest BCUT2D eigenvalue weighted by Gasteiger charge is 2.19. The molecule has 0 amide bonds. The lowest BCUT2D eigenvalue weighted by Gasteiger charge is -2.18. The van der Waals surface area contributed by atoms with Crippen molar-refractivity contribution in [2.75, 3.05) is 13.2 Å². The molecule has 6 nitrogen and oxygen atoms in total. The minimum atomic E-state index is -0.838. The van der Waals surface area contributed by atoms with Gasteiger partial charge in [0.1, 0.15) is 13.2 Å². The Hall–Kier alpha value is -5.49. The molecule has 452 valence electrons. The maximum absolute atomic E-state index is 12.9. The Balaban J connectivity index is 4.52. The lowest BCUT2D eigenvalue weighted by molar-refractivity contribution is -0.167. The summed E-state index contributed by atoms with van der Waals surface area (Å²) < 4.78 is 16.8. The van der Waals surface area contributed by atoms with E-state index in [-0.39, 0.29) is 44.0 Å². The van der Waals surface area contributed by atoms with Crippen molar-refractivity contribution in [2.24, 2.45) is 0 Å². The summed E-state index contributed by atoms with van der Waals surface area (Å²) in [5.74, 6) is -1.04. The quantitative estimate of drug-likeness (QED) is 0.0261. The van der Waals surface area contributed by atoms with Crippen LogP contribution in [0.3, 0.4) is 0 Å². The van der Waals surface area contributed by atoms with Crippen molar-refractivity contribution in [1.82, 2.24) is 0 Å². The van der Waals surface area contributed by atoms with Crippen molar-refractivity contribution in [2.45, 2.75) is 258 Å². The molecule has 0 saturated carbocycles. The zero-order valence-corrected chi connectivity index (χ0v) is 51.7. The highest BCUT2D eigenvalue weighted by molar-refractivity contribution is 5.71. The van der Waals surface area contributed by atoms with Gasteiger partial charge >= 0.3 is 17.9 Å². The van der Waals surface area contributed by atoms with Crippen molar-refractivity contribution in [1.29, 1.82) is 0 Å². The molecule has 0 heterocycles. The molecule has 0 aliphatic carbocycles. The van der Waals surface area contributed by atoms with Gasteiger partial charge in [-0.2, -0.15) is 0 Å². The molecule has 0 aromatic rings. The molecule has 0 radical (unpaired) electrons. The standard InChI is InChI=1S/C75H116O6/c1-4-7-10-13-16-19-22-25-28-30-32-34-36-37-39-40-42-44-47-50-53-56-59-62-65-68-74(77)80-71-72(70-79-73(76)67-64-61-58-55-52-49-46-27-24-21-18-15-12-9-6-3)81-75(78)69-66-63-60-57-54-51-48-45-43-41-38-35-33-31-29-26-23-20-17-14-11-8-5-2/h7-12,16-21,25-29,32-35,41,43,46,48,51-52,55,57,60,72H,4-6,13-15,22-24,30-31,36-40,42,44-45,47,49-50,53-54,56,58-59,61-71H2,1-3H3/b10-7-,11-8-,12-9-,19-16-,20-17-,21-18-,28-25-,29-26-,34-32-,35-33-,43-41-,46-27-,51-48-,55-52-,60-57-. The zero-order chi connectivity index (χ0) is 58.5. The molecule has 0 aliphatic rings. The topological polar surface area (TPSA) is 78.9 Å². The Morgan fingerprint density at radius 2 is 0.457 bits per heavy atom. The van der Waals surface area contributed by atoms with Gasteiger partial charge in [-0.1, -0.05) is 267 Å². The predicted octanol–water partition coefficient (Wildman–Crippen LogP) is 22.4. The van der Waals surface area contributed by atoms with Crippen LogP contribution in [0.15, 0.2) is 182 Å². The number of ether oxygens (including phenoxy) is 3. The van der Waals surface area contributed by atoms with E-state index >= 15 is 0 Å². The normalized spacial score (nSPS) is 13.4. The number of esters is 3. The van der Waals surface area contributed by atoms with Gasteiger partial charge in [0, 0.05) is 19.3 Å². The van der Waals surface area contributed by atoms with E-state index in [1.165, 1.54) is 64.2 Å². The average molecular weight is 1110 g/mol. The number of unbranched alkanes of at least 4 members (excludes halogenated alkanes) is 15. The lowest BCUT2D eigenvalue weighted by Crippen LogP contribution is -2.30. The third kappa shape index (κ3) is 65.2. The Bertz CT molecular complexity index is 1900. The van der Waals surface area contributed by atoms with Crippen LogP contribution in [0.1, 0.15) is 252 Å². The predicted molar refractivity (Wildman–Crippen MR) is 352 cm³/mol. The van der Waals surface area contributed by atoms with Gasteiger partial charge in [0.25, 0.3) is 0 Å². The molecule has 81 heavy (non-hydrogen) atoms. The number of hydrogen-bond acceptors (Lipinski definition) is 6. The van der Waals surface area contributed by atoms with Gasteiger partial charge in [-0.15, -0.1) is 0 Å². The van der Waals surface area contributed by atoms with Gasteiger partial charge in [0.2, 0.25) is 0 Å². The van der Waals surface area contributed by atoms with Crippen molar-refractivity contribution >= 4 is 17.9 Å². The maximum Gasteiger partial charge on any atom is 0.306 e. The minimum absolute atomic E-state index is 0.124. The molecule has 1 atom stereocenters. The first-order valence-electron chi connectivity index (χ1n) is 32.3. The number of carbonyl (C=O) groups is 3. The summed E-state index contributed by atoms with van der Waals surface area (Å²) in [6.45, 7) is 6.21. The molecule has 1 unspecified atom stereocenters. The van der Waals surface area contributed by atoms with Crippen LogP contribution in [0.25, 0.3) is 0 Å². The van der Waals surface area contributed by atoms with Crippen LogP contribution in [-0.4, -0.2) is 37.2 Å². The van der Waals surface area contributed by atoms with Crippen molar-refractivity contribution < 1.29 is 28.6 Å². The van der Waals surface area contributed by atoms with Crippen LogP contribution < -0.4 is 0 Å². The van der Waals surface area contributed by atoms with E-state index < -0.39 is 6.10 Å². The Morgan fingerprint density at radius 3 is 0.753 bits per heavy atom. The van der Waals surface area contributed by atoms with Gasteiger partial charge in [0.05, 0.1) is 0 Å². The molecule has 6 heteroatoms. The molecule has 0 bridgehead atoms. The molecule has 0 fully saturated rings. The monoisotopic (exact) mass is 1110 g/mol. The molecule has 0 aromatic heterocycles. The maximum atomic E-state index is 12.9. The fraction of sp³-hybridized carbons (Fsp3) is 0.560. The summed E-state index contributed by atoms with van der Waals surface area (Å²) in [6.07, 6.45) is 100. The molecule has 0 spiro atoms. The van der Waals surface area contributed by atoms with Gasteiger partial charge in [-0.3, -0.25) is 14.4 Å². The molecular formula is C75H116O6. The highest BCUT2D eigenvalue weighted by atomic mass is 16.6. The number of allylic oxidation sites excluding steroid dienone is 30. The second-order valence-corrected chi connectivity index (χ2v) is 20.5. The molecule has 0 N–H and O–H groups in total. The molecule has 0 aromatic carbocycles. The minimum Gasteiger partial charge on any atom is -0.462 e. The van der Waals surface area contributed by atoms with E-state index in [4.69, 9.17) is 14.2 Å². The summed E-state index contributed by atoms with van der Waals surface area (Å²) in [5, 5.41) is 0. The van der Waals surface area contributed by atoms with E-state index in [9.17, 15) is 14.4 Å². The van der Waals surface area contributed by atoms with Crippen molar-refractivity contribution in [3.8, 4) is 0 Å².